The Bertz CT molecular complexity index is 1230. The maximum Gasteiger partial charge on any atom is 0.269 e. The Morgan fingerprint density at radius 1 is 1.03 bits per heavy atom. The zero-order valence-electron chi connectivity index (χ0n) is 20.1. The number of nitrogens with one attached hydrogen (secondary N) is 2. The van der Waals surface area contributed by atoms with E-state index < -0.39 is 5.91 Å². The lowest BCUT2D eigenvalue weighted by Crippen LogP contribution is -2.41. The lowest BCUT2D eigenvalue weighted by atomic mass is 10.2. The number of nitrogens with zero attached hydrogens (tertiary/aromatic N) is 2. The molecule has 0 unspecified atom stereocenters. The summed E-state index contributed by atoms with van der Waals surface area (Å²) in [5.74, 6) is 0.552. The van der Waals surface area contributed by atoms with E-state index >= 15 is 0 Å². The summed E-state index contributed by atoms with van der Waals surface area (Å²) in [5, 5.41) is 0.591. The number of hydrazine groups is 1. The Morgan fingerprint density at radius 2 is 1.80 bits per heavy atom. The van der Waals surface area contributed by atoms with Crippen LogP contribution in [0.3, 0.4) is 0 Å². The van der Waals surface area contributed by atoms with Crippen LogP contribution in [-0.2, 0) is 11.2 Å². The molecular formula is C27H32N4O4. The molecule has 1 aromatic heterocycles. The summed E-state index contributed by atoms with van der Waals surface area (Å²) in [6, 6.07) is 14.2. The van der Waals surface area contributed by atoms with Crippen molar-refractivity contribution in [3.63, 3.8) is 0 Å². The average molecular weight is 477 g/mol. The molecule has 2 aromatic carbocycles. The molecule has 8 nitrogen and oxygen atoms in total. The molecule has 184 valence electrons. The van der Waals surface area contributed by atoms with Gasteiger partial charge < -0.3 is 4.74 Å². The molecule has 0 spiro atoms. The van der Waals surface area contributed by atoms with Crippen molar-refractivity contribution < 1.29 is 14.3 Å². The van der Waals surface area contributed by atoms with E-state index in [4.69, 9.17) is 4.74 Å². The Morgan fingerprint density at radius 3 is 2.54 bits per heavy atom. The van der Waals surface area contributed by atoms with Gasteiger partial charge in [-0.15, -0.1) is 0 Å². The van der Waals surface area contributed by atoms with E-state index in [0.29, 0.717) is 41.1 Å². The van der Waals surface area contributed by atoms with Crippen LogP contribution >= 0.6 is 0 Å². The molecule has 4 rings (SSSR count). The van der Waals surface area contributed by atoms with Crippen LogP contribution in [0.15, 0.2) is 53.3 Å². The third kappa shape index (κ3) is 6.47. The number of ether oxygens (including phenoxy) is 1. The number of unbranched alkanes of at least 4 members (excludes halogenated alkanes) is 3. The van der Waals surface area contributed by atoms with E-state index in [0.717, 1.165) is 25.7 Å². The second-order valence-electron chi connectivity index (χ2n) is 8.89. The zero-order valence-corrected chi connectivity index (χ0v) is 20.1. The first-order valence-corrected chi connectivity index (χ1v) is 12.4. The summed E-state index contributed by atoms with van der Waals surface area (Å²) in [6.07, 6.45) is 6.83. The van der Waals surface area contributed by atoms with Crippen LogP contribution in [0.1, 0.15) is 74.1 Å². The number of aryl methyl sites for hydroxylation is 1. The van der Waals surface area contributed by atoms with Crippen LogP contribution in [-0.4, -0.2) is 28.0 Å². The van der Waals surface area contributed by atoms with Crippen molar-refractivity contribution in [1.82, 2.24) is 20.4 Å². The van der Waals surface area contributed by atoms with Crippen molar-refractivity contribution in [3.05, 3.63) is 70.3 Å². The minimum atomic E-state index is -0.411. The van der Waals surface area contributed by atoms with E-state index in [2.05, 4.69) is 22.8 Å². The molecule has 1 aliphatic carbocycles. The van der Waals surface area contributed by atoms with Crippen LogP contribution in [0.2, 0.25) is 0 Å². The van der Waals surface area contributed by atoms with Crippen LogP contribution in [0.25, 0.3) is 10.9 Å². The second-order valence-corrected chi connectivity index (χ2v) is 8.89. The molecule has 0 aliphatic heterocycles. The van der Waals surface area contributed by atoms with Gasteiger partial charge in [-0.2, -0.15) is 0 Å². The summed E-state index contributed by atoms with van der Waals surface area (Å²) in [6.45, 7) is 2.82. The number of fused-ring (bicyclic) bond motifs is 1. The van der Waals surface area contributed by atoms with Crippen LogP contribution in [0, 0.1) is 0 Å². The van der Waals surface area contributed by atoms with Gasteiger partial charge in [0.1, 0.15) is 11.6 Å². The number of hydrogen-bond donors (Lipinski definition) is 2. The number of para-hydroxylation sites is 1. The third-order valence-electron chi connectivity index (χ3n) is 6.07. The number of aromatic nitrogens is 2. The monoisotopic (exact) mass is 476 g/mol. The Hall–Kier alpha value is -3.68. The van der Waals surface area contributed by atoms with Gasteiger partial charge in [0.25, 0.3) is 11.5 Å². The van der Waals surface area contributed by atoms with Crippen molar-refractivity contribution in [1.29, 1.82) is 0 Å². The topological polar surface area (TPSA) is 102 Å². The highest BCUT2D eigenvalue weighted by molar-refractivity contribution is 5.95. The van der Waals surface area contributed by atoms with Gasteiger partial charge >= 0.3 is 0 Å². The van der Waals surface area contributed by atoms with E-state index in [1.54, 1.807) is 41.0 Å². The van der Waals surface area contributed by atoms with Gasteiger partial charge in [-0.05, 0) is 55.7 Å². The van der Waals surface area contributed by atoms with Crippen LogP contribution in [0.5, 0.6) is 5.75 Å². The van der Waals surface area contributed by atoms with Crippen molar-refractivity contribution in [2.24, 2.45) is 0 Å². The minimum absolute atomic E-state index is 0.0600. The SMILES string of the molecule is CCCCCCOc1ccc(C(=O)NNC(=O)CCc2nc3ccccc3c(=O)n2C2CC2)cc1. The molecule has 3 aromatic rings. The van der Waals surface area contributed by atoms with E-state index in [1.165, 1.54) is 12.8 Å². The molecule has 0 bridgehead atoms. The second kappa shape index (κ2) is 11.6. The normalized spacial score (nSPS) is 12.9. The lowest BCUT2D eigenvalue weighted by Gasteiger charge is -2.13. The van der Waals surface area contributed by atoms with Crippen molar-refractivity contribution in [2.45, 2.75) is 64.3 Å². The molecule has 0 radical (unpaired) electrons. The highest BCUT2D eigenvalue weighted by Gasteiger charge is 2.28. The van der Waals surface area contributed by atoms with Gasteiger partial charge in [0.15, 0.2) is 0 Å². The van der Waals surface area contributed by atoms with Crippen molar-refractivity contribution in [2.75, 3.05) is 6.61 Å². The lowest BCUT2D eigenvalue weighted by molar-refractivity contribution is -0.121. The molecule has 0 atom stereocenters. The maximum absolute atomic E-state index is 12.9. The molecular weight excluding hydrogens is 444 g/mol. The predicted octanol–water partition coefficient (Wildman–Crippen LogP) is 4.08. The van der Waals surface area contributed by atoms with Crippen molar-refractivity contribution in [3.8, 4) is 5.75 Å². The van der Waals surface area contributed by atoms with Crippen LogP contribution < -0.4 is 21.1 Å². The molecule has 1 aliphatic rings. The smallest absolute Gasteiger partial charge is 0.269 e. The van der Waals surface area contributed by atoms with E-state index in [1.807, 2.05) is 12.1 Å². The number of carbonyl (C=O) groups is 2. The summed E-state index contributed by atoms with van der Waals surface area (Å²) in [7, 11) is 0. The summed E-state index contributed by atoms with van der Waals surface area (Å²) >= 11 is 0. The third-order valence-corrected chi connectivity index (χ3v) is 6.07. The minimum Gasteiger partial charge on any atom is -0.494 e. The molecule has 1 fully saturated rings. The number of rotatable bonds is 11. The first-order valence-electron chi connectivity index (χ1n) is 12.4. The van der Waals surface area contributed by atoms with E-state index in [9.17, 15) is 14.4 Å². The first kappa shape index (κ1) is 24.4. The summed E-state index contributed by atoms with van der Waals surface area (Å²) in [4.78, 5) is 42.3. The molecule has 0 saturated heterocycles. The standard InChI is InChI=1S/C27H32N4O4/c1-2-3-4-7-18-35-21-14-10-19(11-15-21)26(33)30-29-25(32)17-16-24-28-23-9-6-5-8-22(23)27(34)31(24)20-12-13-20/h5-6,8-11,14-15,20H,2-4,7,12-13,16-18H2,1H3,(H,29,32)(H,30,33). The quantitative estimate of drug-likeness (QED) is 0.321. The molecule has 35 heavy (non-hydrogen) atoms. The van der Waals surface area contributed by atoms with Gasteiger partial charge in [0.05, 0.1) is 17.5 Å². The maximum atomic E-state index is 12.9. The van der Waals surface area contributed by atoms with Crippen molar-refractivity contribution >= 4 is 22.7 Å². The van der Waals surface area contributed by atoms with Crippen LogP contribution in [0.4, 0.5) is 0 Å². The zero-order chi connectivity index (χ0) is 24.6. The first-order chi connectivity index (χ1) is 17.1. The molecule has 2 amide bonds. The molecule has 1 heterocycles. The van der Waals surface area contributed by atoms with Gasteiger partial charge in [-0.1, -0.05) is 38.3 Å². The Kier molecular flexibility index (Phi) is 8.13. The molecule has 2 N–H and O–H groups in total. The highest BCUT2D eigenvalue weighted by atomic mass is 16.5. The van der Waals surface area contributed by atoms with Gasteiger partial charge in [-0.25, -0.2) is 4.98 Å². The number of hydrogen-bond acceptors (Lipinski definition) is 5. The molecule has 8 heteroatoms. The number of amides is 2. The predicted molar refractivity (Wildman–Crippen MR) is 134 cm³/mol. The largest absolute Gasteiger partial charge is 0.494 e. The Balaban J connectivity index is 1.27. The van der Waals surface area contributed by atoms with Gasteiger partial charge in [-0.3, -0.25) is 29.8 Å². The average Bonchev–Trinajstić information content (AvgIpc) is 3.71. The fourth-order valence-electron chi connectivity index (χ4n) is 3.99. The van der Waals surface area contributed by atoms with Gasteiger partial charge in [0, 0.05) is 24.4 Å². The Labute approximate surface area is 204 Å². The fourth-order valence-corrected chi connectivity index (χ4v) is 3.99. The number of carbonyl (C=O) groups excluding carboxylic acids is 2. The van der Waals surface area contributed by atoms with Gasteiger partial charge in [0.2, 0.25) is 5.91 Å². The number of benzene rings is 2. The molecule has 1 saturated carbocycles. The summed E-state index contributed by atoms with van der Waals surface area (Å²) in [5.41, 5.74) is 5.88. The van der Waals surface area contributed by atoms with E-state index in [-0.39, 0.29) is 23.9 Å². The fraction of sp³-hybridized carbons (Fsp3) is 0.407. The highest BCUT2D eigenvalue weighted by Crippen LogP contribution is 2.34. The summed E-state index contributed by atoms with van der Waals surface area (Å²) < 4.78 is 7.42.